The van der Waals surface area contributed by atoms with Gasteiger partial charge in [0.2, 0.25) is 0 Å². The number of H-pyrrole nitrogens is 2. The molecule has 3 aromatic carbocycles. The van der Waals surface area contributed by atoms with Crippen molar-refractivity contribution in [3.63, 3.8) is 0 Å². The van der Waals surface area contributed by atoms with Gasteiger partial charge in [0, 0.05) is 18.7 Å². The van der Waals surface area contributed by atoms with Crippen LogP contribution in [-0.4, -0.2) is 66.2 Å². The number of benzene rings is 3. The first-order valence-corrected chi connectivity index (χ1v) is 18.6. The maximum absolute atomic E-state index is 12.9. The van der Waals surface area contributed by atoms with Crippen LogP contribution in [0, 0.1) is 0 Å². The topological polar surface area (TPSA) is 116 Å². The van der Waals surface area contributed by atoms with Gasteiger partial charge < -0.3 is 19.4 Å². The Morgan fingerprint density at radius 1 is 0.692 bits per heavy atom. The summed E-state index contributed by atoms with van der Waals surface area (Å²) in [6.07, 6.45) is 8.67. The van der Waals surface area contributed by atoms with Crippen molar-refractivity contribution in [2.45, 2.75) is 103 Å². The van der Waals surface area contributed by atoms with Crippen molar-refractivity contribution in [2.24, 2.45) is 0 Å². The molecular weight excluding hydrogens is 653 g/mol. The maximum Gasteiger partial charge on any atom is 0.410 e. The monoisotopic (exact) mass is 700 g/mol. The highest BCUT2D eigenvalue weighted by molar-refractivity contribution is 5.95. The second-order valence-electron chi connectivity index (χ2n) is 16.4. The summed E-state index contributed by atoms with van der Waals surface area (Å²) < 4.78 is 11.3. The fourth-order valence-corrected chi connectivity index (χ4v) is 8.06. The van der Waals surface area contributed by atoms with E-state index in [1.165, 1.54) is 33.0 Å². The van der Waals surface area contributed by atoms with Gasteiger partial charge in [-0.25, -0.2) is 19.6 Å². The molecule has 2 N–H and O–H groups in total. The molecule has 10 heteroatoms. The zero-order valence-corrected chi connectivity index (χ0v) is 31.0. The number of carbonyl (C=O) groups is 2. The summed E-state index contributed by atoms with van der Waals surface area (Å²) in [6.45, 7) is 12.7. The Morgan fingerprint density at radius 2 is 1.23 bits per heavy atom. The highest BCUT2D eigenvalue weighted by atomic mass is 16.6. The number of aryl methyl sites for hydroxylation is 2. The molecule has 10 nitrogen and oxygen atoms in total. The van der Waals surface area contributed by atoms with Crippen molar-refractivity contribution in [1.82, 2.24) is 29.7 Å². The minimum atomic E-state index is -0.539. The van der Waals surface area contributed by atoms with E-state index in [1.807, 2.05) is 53.9 Å². The molecule has 0 bridgehead atoms. The number of ether oxygens (including phenoxy) is 2. The molecule has 8 rings (SSSR count). The van der Waals surface area contributed by atoms with Gasteiger partial charge in [-0.3, -0.25) is 9.80 Å². The van der Waals surface area contributed by atoms with E-state index in [2.05, 4.69) is 58.5 Å². The summed E-state index contributed by atoms with van der Waals surface area (Å²) in [6, 6.07) is 17.6. The number of amides is 2. The van der Waals surface area contributed by atoms with Crippen LogP contribution in [0.1, 0.15) is 102 Å². The van der Waals surface area contributed by atoms with Crippen LogP contribution in [-0.2, 0) is 22.3 Å². The number of carbonyl (C=O) groups excluding carboxylic acids is 2. The smallest absolute Gasteiger partial charge is 0.410 e. The number of nitrogens with one attached hydrogen (secondary N) is 2. The van der Waals surface area contributed by atoms with E-state index in [0.29, 0.717) is 13.1 Å². The average Bonchev–Trinajstić information content (AvgIpc) is 3.92. The van der Waals surface area contributed by atoms with Crippen molar-refractivity contribution >= 4 is 23.0 Å². The van der Waals surface area contributed by atoms with Gasteiger partial charge in [-0.2, -0.15) is 0 Å². The molecule has 0 unspecified atom stereocenters. The second-order valence-corrected chi connectivity index (χ2v) is 16.4. The molecule has 2 amide bonds. The molecule has 2 aliphatic heterocycles. The summed E-state index contributed by atoms with van der Waals surface area (Å²) in [5.74, 6) is 1.60. The number of fused-ring (bicyclic) bond motifs is 5. The van der Waals surface area contributed by atoms with Gasteiger partial charge in [-0.05, 0) is 131 Å². The standard InChI is InChI=1S/C42H48N6O4/c1-41(2,3)51-39(49)47-19-7-9-35(47)37-43-23-33(45-37)27-13-15-29-25(21-27)11-17-32-30-16-14-28(22-26(30)12-18-31(29)32)34-24-44-38(46-34)36-10-8-20-48(36)40(50)52-42(4,5)6/h11,13-17,21-24,35-36H,7-10,12,18-20H2,1-6H3,(H,43,45)(H,44,46)/t35-,36-/m0/s1. The predicted molar refractivity (Wildman–Crippen MR) is 202 cm³/mol. The van der Waals surface area contributed by atoms with Gasteiger partial charge in [0.15, 0.2) is 0 Å². The number of nitrogens with zero attached hydrogens (tertiary/aromatic N) is 4. The molecule has 270 valence electrons. The lowest BCUT2D eigenvalue weighted by Crippen LogP contribution is -2.36. The van der Waals surface area contributed by atoms with Crippen molar-refractivity contribution in [3.8, 4) is 33.6 Å². The Kier molecular flexibility index (Phi) is 8.38. The quantitative estimate of drug-likeness (QED) is 0.193. The van der Waals surface area contributed by atoms with E-state index >= 15 is 0 Å². The fraction of sp³-hybridized carbons (Fsp3) is 0.429. The normalized spacial score (nSPS) is 18.8. The molecular formula is C42H48N6O4. The summed E-state index contributed by atoms with van der Waals surface area (Å²) >= 11 is 0. The van der Waals surface area contributed by atoms with Crippen LogP contribution in [0.3, 0.4) is 0 Å². The lowest BCUT2D eigenvalue weighted by atomic mass is 9.82. The van der Waals surface area contributed by atoms with Crippen LogP contribution >= 0.6 is 0 Å². The SMILES string of the molecule is CC(C)(C)OC(=O)N1CCC[C@H]1c1ncc(-c2ccc3c(c2)CCc2c-3ccc3cc(-c4cnc([C@@H]5CCCN5C(=O)OC(C)(C)C)[nH]4)ccc23)[nH]1. The third kappa shape index (κ3) is 6.55. The van der Waals surface area contributed by atoms with Gasteiger partial charge in [-0.15, -0.1) is 0 Å². The van der Waals surface area contributed by atoms with Gasteiger partial charge in [0.25, 0.3) is 0 Å². The van der Waals surface area contributed by atoms with E-state index in [4.69, 9.17) is 19.4 Å². The third-order valence-electron chi connectivity index (χ3n) is 10.4. The van der Waals surface area contributed by atoms with Crippen molar-refractivity contribution < 1.29 is 19.1 Å². The molecule has 3 aliphatic rings. The molecule has 2 atom stereocenters. The van der Waals surface area contributed by atoms with Crippen molar-refractivity contribution in [2.75, 3.05) is 13.1 Å². The number of imidazole rings is 2. The Bertz CT molecular complexity index is 2170. The summed E-state index contributed by atoms with van der Waals surface area (Å²) in [7, 11) is 0. The number of aromatic amines is 2. The zero-order chi connectivity index (χ0) is 36.4. The van der Waals surface area contributed by atoms with E-state index in [9.17, 15) is 9.59 Å². The van der Waals surface area contributed by atoms with Gasteiger partial charge in [0.05, 0.1) is 35.9 Å². The second kappa shape index (κ2) is 12.8. The molecule has 2 saturated heterocycles. The number of aromatic nitrogens is 4. The highest BCUT2D eigenvalue weighted by Gasteiger charge is 2.36. The van der Waals surface area contributed by atoms with Crippen LogP contribution in [0.4, 0.5) is 9.59 Å². The molecule has 2 aromatic heterocycles. The van der Waals surface area contributed by atoms with Crippen LogP contribution in [0.25, 0.3) is 44.4 Å². The van der Waals surface area contributed by atoms with Crippen LogP contribution < -0.4 is 0 Å². The van der Waals surface area contributed by atoms with Gasteiger partial charge >= 0.3 is 12.2 Å². The molecule has 1 aliphatic carbocycles. The first-order valence-electron chi connectivity index (χ1n) is 18.6. The lowest BCUT2D eigenvalue weighted by Gasteiger charge is -2.27. The number of likely N-dealkylation sites (tertiary alicyclic amines) is 2. The number of hydrogen-bond acceptors (Lipinski definition) is 6. The van der Waals surface area contributed by atoms with E-state index < -0.39 is 11.2 Å². The fourth-order valence-electron chi connectivity index (χ4n) is 8.06. The first-order chi connectivity index (χ1) is 24.8. The predicted octanol–water partition coefficient (Wildman–Crippen LogP) is 9.53. The molecule has 4 heterocycles. The van der Waals surface area contributed by atoms with Gasteiger partial charge in [-0.1, -0.05) is 36.4 Å². The van der Waals surface area contributed by atoms with Gasteiger partial charge in [0.1, 0.15) is 22.9 Å². The van der Waals surface area contributed by atoms with Crippen molar-refractivity contribution in [1.29, 1.82) is 0 Å². The van der Waals surface area contributed by atoms with Crippen LogP contribution in [0.15, 0.2) is 60.9 Å². The Hall–Kier alpha value is -5.12. The number of hydrogen-bond donors (Lipinski definition) is 2. The van der Waals surface area contributed by atoms with E-state index in [0.717, 1.165) is 72.7 Å². The minimum absolute atomic E-state index is 0.112. The zero-order valence-electron chi connectivity index (χ0n) is 31.0. The Morgan fingerprint density at radius 3 is 1.81 bits per heavy atom. The molecule has 0 radical (unpaired) electrons. The van der Waals surface area contributed by atoms with Crippen molar-refractivity contribution in [3.05, 3.63) is 83.7 Å². The maximum atomic E-state index is 12.9. The molecule has 2 fully saturated rings. The summed E-state index contributed by atoms with van der Waals surface area (Å²) in [4.78, 5) is 45.9. The van der Waals surface area contributed by atoms with Crippen LogP contribution in [0.2, 0.25) is 0 Å². The summed E-state index contributed by atoms with van der Waals surface area (Å²) in [5.41, 5.74) is 8.24. The molecule has 52 heavy (non-hydrogen) atoms. The average molecular weight is 701 g/mol. The number of rotatable bonds is 4. The Balaban J connectivity index is 1.01. The highest BCUT2D eigenvalue weighted by Crippen LogP contribution is 2.41. The Labute approximate surface area is 304 Å². The van der Waals surface area contributed by atoms with E-state index in [1.54, 1.807) is 9.80 Å². The molecule has 5 aromatic rings. The molecule has 0 saturated carbocycles. The first kappa shape index (κ1) is 34.0. The van der Waals surface area contributed by atoms with Crippen LogP contribution in [0.5, 0.6) is 0 Å². The minimum Gasteiger partial charge on any atom is -0.444 e. The lowest BCUT2D eigenvalue weighted by molar-refractivity contribution is 0.0208. The molecule has 0 spiro atoms. The summed E-state index contributed by atoms with van der Waals surface area (Å²) in [5, 5.41) is 2.47. The largest absolute Gasteiger partial charge is 0.444 e. The van der Waals surface area contributed by atoms with E-state index in [-0.39, 0.29) is 24.3 Å². The third-order valence-corrected chi connectivity index (χ3v) is 10.4.